The van der Waals surface area contributed by atoms with Crippen LogP contribution in [0.4, 0.5) is 0 Å². The topological polar surface area (TPSA) is 39.2 Å². The van der Waals surface area contributed by atoms with Crippen LogP contribution in [-0.4, -0.2) is 18.4 Å². The maximum atomic E-state index is 11.0. The number of methoxy groups -OCH3 is 1. The van der Waals surface area contributed by atoms with Gasteiger partial charge in [-0.25, -0.2) is 4.98 Å². The number of aldehydes is 1. The van der Waals surface area contributed by atoms with Crippen LogP contribution < -0.4 is 4.74 Å². The average molecular weight is 317 g/mol. The second-order valence-electron chi connectivity index (χ2n) is 3.68. The zero-order valence-corrected chi connectivity index (χ0v) is 12.1. The van der Waals surface area contributed by atoms with Crippen molar-refractivity contribution in [3.63, 3.8) is 0 Å². The van der Waals surface area contributed by atoms with Gasteiger partial charge in [0.25, 0.3) is 0 Å². The van der Waals surface area contributed by atoms with Crippen LogP contribution in [0.25, 0.3) is 11.1 Å². The quantitative estimate of drug-likeness (QED) is 0.781. The summed E-state index contributed by atoms with van der Waals surface area (Å²) in [6.45, 7) is 0. The first-order chi connectivity index (χ1) is 9.06. The Bertz CT molecular complexity index is 621. The van der Waals surface area contributed by atoms with Gasteiger partial charge >= 0.3 is 0 Å². The third-order valence-electron chi connectivity index (χ3n) is 2.49. The van der Waals surface area contributed by atoms with E-state index in [4.69, 9.17) is 39.5 Å². The highest BCUT2D eigenvalue weighted by Crippen LogP contribution is 2.37. The number of halogens is 3. The Hall–Kier alpha value is -1.29. The number of hydrogen-bond donors (Lipinski definition) is 0. The maximum Gasteiger partial charge on any atom is 0.223 e. The van der Waals surface area contributed by atoms with Gasteiger partial charge in [-0.15, -0.1) is 0 Å². The third-order valence-corrected chi connectivity index (χ3v) is 3.31. The molecule has 1 aromatic carbocycles. The van der Waals surface area contributed by atoms with Gasteiger partial charge in [-0.3, -0.25) is 4.79 Å². The van der Waals surface area contributed by atoms with Crippen molar-refractivity contribution >= 4 is 41.1 Å². The average Bonchev–Trinajstić information content (AvgIpc) is 2.37. The molecule has 0 aliphatic heterocycles. The van der Waals surface area contributed by atoms with Crippen molar-refractivity contribution in [1.82, 2.24) is 4.98 Å². The Labute approximate surface area is 125 Å². The van der Waals surface area contributed by atoms with Crippen LogP contribution in [0.2, 0.25) is 15.1 Å². The zero-order valence-electron chi connectivity index (χ0n) is 9.78. The molecule has 0 fully saturated rings. The lowest BCUT2D eigenvalue weighted by Gasteiger charge is -2.09. The molecule has 1 heterocycles. The molecule has 0 aliphatic carbocycles. The molecule has 98 valence electrons. The highest BCUT2D eigenvalue weighted by atomic mass is 35.5. The summed E-state index contributed by atoms with van der Waals surface area (Å²) in [5, 5.41) is 1.22. The van der Waals surface area contributed by atoms with Crippen LogP contribution in [0.5, 0.6) is 5.88 Å². The van der Waals surface area contributed by atoms with E-state index in [0.29, 0.717) is 38.0 Å². The highest BCUT2D eigenvalue weighted by molar-refractivity contribution is 6.41. The Morgan fingerprint density at radius 3 is 2.32 bits per heavy atom. The van der Waals surface area contributed by atoms with E-state index in [2.05, 4.69) is 4.98 Å². The molecule has 0 bridgehead atoms. The van der Waals surface area contributed by atoms with E-state index in [1.807, 2.05) is 0 Å². The van der Waals surface area contributed by atoms with Gasteiger partial charge in [-0.1, -0.05) is 34.8 Å². The normalized spacial score (nSPS) is 10.3. The summed E-state index contributed by atoms with van der Waals surface area (Å²) >= 11 is 18.1. The van der Waals surface area contributed by atoms with Gasteiger partial charge in [-0.2, -0.15) is 0 Å². The minimum absolute atomic E-state index is 0.250. The molecule has 0 spiro atoms. The van der Waals surface area contributed by atoms with Crippen molar-refractivity contribution in [1.29, 1.82) is 0 Å². The van der Waals surface area contributed by atoms with Crippen molar-refractivity contribution in [3.8, 4) is 17.0 Å². The number of hydrogen-bond acceptors (Lipinski definition) is 3. The minimum Gasteiger partial charge on any atom is -0.480 e. The highest BCUT2D eigenvalue weighted by Gasteiger charge is 2.13. The number of nitrogens with zero attached hydrogens (tertiary/aromatic N) is 1. The van der Waals surface area contributed by atoms with Gasteiger partial charge in [-0.05, 0) is 18.2 Å². The van der Waals surface area contributed by atoms with Gasteiger partial charge in [0, 0.05) is 22.3 Å². The molecule has 0 N–H and O–H groups in total. The Balaban J connectivity index is 2.63. The second-order valence-corrected chi connectivity index (χ2v) is 4.94. The number of benzene rings is 1. The van der Waals surface area contributed by atoms with Crippen LogP contribution in [0.15, 0.2) is 24.4 Å². The third kappa shape index (κ3) is 2.84. The van der Waals surface area contributed by atoms with Gasteiger partial charge in [0.15, 0.2) is 6.29 Å². The summed E-state index contributed by atoms with van der Waals surface area (Å²) in [5.41, 5.74) is 1.52. The minimum atomic E-state index is 0.250. The first-order valence-electron chi connectivity index (χ1n) is 5.21. The Morgan fingerprint density at radius 2 is 1.79 bits per heavy atom. The molecule has 0 amide bonds. The standard InChI is InChI=1S/C13H8Cl3NO2/c1-19-13-8(6-18)2-7(5-17-13)12-10(15)3-9(14)4-11(12)16/h2-6H,1H3. The lowest BCUT2D eigenvalue weighted by Crippen LogP contribution is -1.95. The molecule has 1 aromatic heterocycles. The van der Waals surface area contributed by atoms with Crippen molar-refractivity contribution in [2.75, 3.05) is 7.11 Å². The molecule has 0 unspecified atom stereocenters. The number of ether oxygens (including phenoxy) is 1. The lowest BCUT2D eigenvalue weighted by atomic mass is 10.1. The number of pyridine rings is 1. The SMILES string of the molecule is COc1ncc(-c2c(Cl)cc(Cl)cc2Cl)cc1C=O. The molecule has 0 aliphatic rings. The number of carbonyl (C=O) groups is 1. The summed E-state index contributed by atoms with van der Waals surface area (Å²) in [4.78, 5) is 15.0. The zero-order chi connectivity index (χ0) is 14.0. The van der Waals surface area contributed by atoms with Crippen molar-refractivity contribution in [3.05, 3.63) is 45.0 Å². The molecule has 6 heteroatoms. The first-order valence-corrected chi connectivity index (χ1v) is 6.34. The molecule has 19 heavy (non-hydrogen) atoms. The van der Waals surface area contributed by atoms with E-state index in [9.17, 15) is 4.79 Å². The fraction of sp³-hybridized carbons (Fsp3) is 0.0769. The number of rotatable bonds is 3. The molecule has 2 rings (SSSR count). The van der Waals surface area contributed by atoms with Crippen molar-refractivity contribution in [2.24, 2.45) is 0 Å². The summed E-state index contributed by atoms with van der Waals surface area (Å²) < 4.78 is 4.98. The monoisotopic (exact) mass is 315 g/mol. The molecular weight excluding hydrogens is 309 g/mol. The Kier molecular flexibility index (Phi) is 4.30. The Morgan fingerprint density at radius 1 is 1.16 bits per heavy atom. The molecule has 0 saturated heterocycles. The molecular formula is C13H8Cl3NO2. The second kappa shape index (κ2) is 5.78. The van der Waals surface area contributed by atoms with E-state index in [1.54, 1.807) is 18.2 Å². The maximum absolute atomic E-state index is 11.0. The van der Waals surface area contributed by atoms with Gasteiger partial charge in [0.1, 0.15) is 0 Å². The summed E-state index contributed by atoms with van der Waals surface area (Å²) in [7, 11) is 1.44. The molecule has 3 nitrogen and oxygen atoms in total. The van der Waals surface area contributed by atoms with Crippen LogP contribution in [0, 0.1) is 0 Å². The van der Waals surface area contributed by atoms with E-state index in [-0.39, 0.29) is 5.88 Å². The fourth-order valence-corrected chi connectivity index (χ4v) is 2.71. The van der Waals surface area contributed by atoms with Crippen LogP contribution in [-0.2, 0) is 0 Å². The number of aromatic nitrogens is 1. The predicted octanol–water partition coefficient (Wildman–Crippen LogP) is 4.53. The summed E-state index contributed by atoms with van der Waals surface area (Å²) in [5.74, 6) is 0.250. The molecule has 0 saturated carbocycles. The van der Waals surface area contributed by atoms with Gasteiger partial charge < -0.3 is 4.74 Å². The first kappa shape index (κ1) is 14.1. The predicted molar refractivity (Wildman–Crippen MR) is 76.6 cm³/mol. The van der Waals surface area contributed by atoms with E-state index >= 15 is 0 Å². The van der Waals surface area contributed by atoms with E-state index in [0.717, 1.165) is 0 Å². The lowest BCUT2D eigenvalue weighted by molar-refractivity contribution is 0.112. The number of carbonyl (C=O) groups excluding carboxylic acids is 1. The van der Waals surface area contributed by atoms with Crippen LogP contribution in [0.3, 0.4) is 0 Å². The van der Waals surface area contributed by atoms with Crippen molar-refractivity contribution < 1.29 is 9.53 Å². The fourth-order valence-electron chi connectivity index (χ4n) is 1.68. The van der Waals surface area contributed by atoms with Gasteiger partial charge in [0.05, 0.1) is 22.7 Å². The molecule has 2 aromatic rings. The van der Waals surface area contributed by atoms with Crippen molar-refractivity contribution in [2.45, 2.75) is 0 Å². The largest absolute Gasteiger partial charge is 0.480 e. The molecule has 0 atom stereocenters. The van der Waals surface area contributed by atoms with E-state index < -0.39 is 0 Å². The summed E-state index contributed by atoms with van der Waals surface area (Å²) in [6.07, 6.45) is 2.19. The van der Waals surface area contributed by atoms with Crippen LogP contribution in [0.1, 0.15) is 10.4 Å². The van der Waals surface area contributed by atoms with Gasteiger partial charge in [0.2, 0.25) is 5.88 Å². The smallest absolute Gasteiger partial charge is 0.223 e. The molecule has 0 radical (unpaired) electrons. The van der Waals surface area contributed by atoms with Crippen LogP contribution >= 0.6 is 34.8 Å². The summed E-state index contributed by atoms with van der Waals surface area (Å²) in [6, 6.07) is 4.77. The van der Waals surface area contributed by atoms with E-state index in [1.165, 1.54) is 13.3 Å².